The van der Waals surface area contributed by atoms with Crippen molar-refractivity contribution in [2.75, 3.05) is 4.90 Å². The number of nitrogens with one attached hydrogen (secondary N) is 1. The fourth-order valence-electron chi connectivity index (χ4n) is 2.71. The Morgan fingerprint density at radius 1 is 1.10 bits per heavy atom. The Morgan fingerprint density at radius 3 is 2.52 bits per heavy atom. The van der Waals surface area contributed by atoms with Gasteiger partial charge in [-0.2, -0.15) is 5.10 Å². The van der Waals surface area contributed by atoms with Crippen molar-refractivity contribution >= 4 is 34.6 Å². The van der Waals surface area contributed by atoms with Crippen LogP contribution >= 0.6 is 11.8 Å². The van der Waals surface area contributed by atoms with Gasteiger partial charge in [0.1, 0.15) is 5.75 Å². The van der Waals surface area contributed by atoms with E-state index in [1.54, 1.807) is 34.7 Å². The molecule has 1 atom stereocenters. The number of amides is 1. The van der Waals surface area contributed by atoms with E-state index in [1.165, 1.54) is 11.8 Å². The van der Waals surface area contributed by atoms with E-state index in [-0.39, 0.29) is 11.7 Å². The van der Waals surface area contributed by atoms with Gasteiger partial charge in [0.15, 0.2) is 0 Å². The molecular weight excluding hydrogens is 286 g/mol. The van der Waals surface area contributed by atoms with Gasteiger partial charge < -0.3 is 5.11 Å². The molecule has 6 heteroatoms. The van der Waals surface area contributed by atoms with E-state index in [2.05, 4.69) is 10.5 Å². The van der Waals surface area contributed by atoms with Crippen molar-refractivity contribution in [2.45, 2.75) is 4.87 Å². The molecule has 0 aromatic heterocycles. The van der Waals surface area contributed by atoms with E-state index in [0.29, 0.717) is 5.69 Å². The molecule has 104 valence electrons. The maximum atomic E-state index is 13.0. The summed E-state index contributed by atoms with van der Waals surface area (Å²) in [5, 5.41) is 14.1. The van der Waals surface area contributed by atoms with Crippen LogP contribution in [0.15, 0.2) is 53.6 Å². The summed E-state index contributed by atoms with van der Waals surface area (Å²) in [4.78, 5) is 13.6. The van der Waals surface area contributed by atoms with Crippen LogP contribution in [-0.2, 0) is 9.67 Å². The molecule has 0 aliphatic carbocycles. The van der Waals surface area contributed by atoms with Crippen molar-refractivity contribution in [1.29, 1.82) is 0 Å². The smallest absolute Gasteiger partial charge is 0.274 e. The van der Waals surface area contributed by atoms with Crippen molar-refractivity contribution < 1.29 is 9.90 Å². The predicted molar refractivity (Wildman–Crippen MR) is 82.6 cm³/mol. The quantitative estimate of drug-likeness (QED) is 0.849. The SMILES string of the molecule is O=C1N(c2ccccc2O)c2ccccc2C12NN=CS2. The van der Waals surface area contributed by atoms with Crippen molar-refractivity contribution in [1.82, 2.24) is 5.43 Å². The lowest BCUT2D eigenvalue weighted by atomic mass is 10.1. The summed E-state index contributed by atoms with van der Waals surface area (Å²) >= 11 is 1.33. The molecule has 4 rings (SSSR count). The lowest BCUT2D eigenvalue weighted by Gasteiger charge is -2.22. The van der Waals surface area contributed by atoms with Gasteiger partial charge >= 0.3 is 0 Å². The van der Waals surface area contributed by atoms with Crippen LogP contribution in [0.3, 0.4) is 0 Å². The number of carbonyl (C=O) groups excluding carboxylic acids is 1. The van der Waals surface area contributed by atoms with E-state index in [4.69, 9.17) is 0 Å². The zero-order chi connectivity index (χ0) is 14.4. The molecule has 0 saturated heterocycles. The van der Waals surface area contributed by atoms with Gasteiger partial charge in [-0.3, -0.25) is 15.1 Å². The molecular formula is C15H11N3O2S. The minimum Gasteiger partial charge on any atom is -0.506 e. The summed E-state index contributed by atoms with van der Waals surface area (Å²) in [6.07, 6.45) is 0. The van der Waals surface area contributed by atoms with Crippen LogP contribution in [0, 0.1) is 0 Å². The average Bonchev–Trinajstić information content (AvgIpc) is 3.08. The third-order valence-corrected chi connectivity index (χ3v) is 4.71. The predicted octanol–water partition coefficient (Wildman–Crippen LogP) is 2.50. The highest BCUT2D eigenvalue weighted by molar-refractivity contribution is 8.13. The highest BCUT2D eigenvalue weighted by Crippen LogP contribution is 2.51. The third-order valence-electron chi connectivity index (χ3n) is 3.66. The summed E-state index contributed by atoms with van der Waals surface area (Å²) in [5.41, 5.74) is 6.62. The van der Waals surface area contributed by atoms with Gasteiger partial charge in [0.05, 0.1) is 16.9 Å². The second kappa shape index (κ2) is 4.26. The van der Waals surface area contributed by atoms with E-state index in [0.717, 1.165) is 11.3 Å². The van der Waals surface area contributed by atoms with Crippen molar-refractivity contribution in [3.8, 4) is 5.75 Å². The summed E-state index contributed by atoms with van der Waals surface area (Å²) < 4.78 is 0. The molecule has 2 aliphatic heterocycles. The number of phenols is 1. The van der Waals surface area contributed by atoms with Crippen LogP contribution in [0.25, 0.3) is 0 Å². The Labute approximate surface area is 125 Å². The average molecular weight is 297 g/mol. The first-order valence-electron chi connectivity index (χ1n) is 6.42. The number of hydrazone groups is 1. The highest BCUT2D eigenvalue weighted by atomic mass is 32.2. The lowest BCUT2D eigenvalue weighted by Crippen LogP contribution is -2.42. The van der Waals surface area contributed by atoms with Gasteiger partial charge in [-0.05, 0) is 18.2 Å². The molecule has 2 aliphatic rings. The Bertz CT molecular complexity index is 767. The molecule has 2 heterocycles. The van der Waals surface area contributed by atoms with Gasteiger partial charge in [0.2, 0.25) is 4.87 Å². The second-order valence-corrected chi connectivity index (χ2v) is 5.85. The van der Waals surface area contributed by atoms with Gasteiger partial charge in [-0.25, -0.2) is 0 Å². The molecule has 2 N–H and O–H groups in total. The van der Waals surface area contributed by atoms with Crippen LogP contribution < -0.4 is 10.3 Å². The molecule has 1 spiro atoms. The molecule has 2 aromatic carbocycles. The number of nitrogens with zero attached hydrogens (tertiary/aromatic N) is 2. The number of rotatable bonds is 1. The molecule has 0 saturated carbocycles. The van der Waals surface area contributed by atoms with E-state index in [1.807, 2.05) is 24.3 Å². The van der Waals surface area contributed by atoms with Crippen LogP contribution in [0.4, 0.5) is 11.4 Å². The fraction of sp³-hybridized carbons (Fsp3) is 0.0667. The number of hydrogen-bond acceptors (Lipinski definition) is 5. The third kappa shape index (κ3) is 1.53. The fourth-order valence-corrected chi connectivity index (χ4v) is 3.57. The monoisotopic (exact) mass is 297 g/mol. The molecule has 21 heavy (non-hydrogen) atoms. The van der Waals surface area contributed by atoms with Gasteiger partial charge in [-0.15, -0.1) is 0 Å². The number of aromatic hydroxyl groups is 1. The molecule has 2 aromatic rings. The summed E-state index contributed by atoms with van der Waals surface area (Å²) in [6, 6.07) is 14.4. The molecule has 0 fully saturated rings. The van der Waals surface area contributed by atoms with Crippen LogP contribution in [0.1, 0.15) is 5.56 Å². The van der Waals surface area contributed by atoms with Crippen molar-refractivity contribution in [3.63, 3.8) is 0 Å². The zero-order valence-corrected chi connectivity index (χ0v) is 11.7. The number of benzene rings is 2. The summed E-state index contributed by atoms with van der Waals surface area (Å²) in [6.45, 7) is 0. The number of thioether (sulfide) groups is 1. The standard InChI is InChI=1S/C15H11N3O2S/c19-13-8-4-3-7-12(13)18-11-6-2-1-5-10(11)15(14(18)20)17-16-9-21-15/h1-9,17,19H. The molecule has 1 unspecified atom stereocenters. The second-order valence-electron chi connectivity index (χ2n) is 4.79. The Hall–Kier alpha value is -2.47. The zero-order valence-electron chi connectivity index (χ0n) is 10.9. The van der Waals surface area contributed by atoms with Gasteiger partial charge in [0.25, 0.3) is 5.91 Å². The van der Waals surface area contributed by atoms with Gasteiger partial charge in [0, 0.05) is 5.56 Å². The van der Waals surface area contributed by atoms with Crippen LogP contribution in [-0.4, -0.2) is 16.6 Å². The number of phenolic OH excluding ortho intramolecular Hbond substituents is 1. The molecule has 0 radical (unpaired) electrons. The molecule has 0 bridgehead atoms. The minimum atomic E-state index is -0.932. The topological polar surface area (TPSA) is 64.9 Å². The summed E-state index contributed by atoms with van der Waals surface area (Å²) in [7, 11) is 0. The highest BCUT2D eigenvalue weighted by Gasteiger charge is 2.54. The van der Waals surface area contributed by atoms with Gasteiger partial charge in [-0.1, -0.05) is 42.1 Å². The lowest BCUT2D eigenvalue weighted by molar-refractivity contribution is -0.120. The molecule has 5 nitrogen and oxygen atoms in total. The van der Waals surface area contributed by atoms with E-state index >= 15 is 0 Å². The Balaban J connectivity index is 1.94. The number of carbonyl (C=O) groups is 1. The first kappa shape index (κ1) is 12.3. The minimum absolute atomic E-state index is 0.0709. The maximum Gasteiger partial charge on any atom is 0.274 e. The number of fused-ring (bicyclic) bond motifs is 2. The Kier molecular flexibility index (Phi) is 2.49. The van der Waals surface area contributed by atoms with E-state index < -0.39 is 4.87 Å². The van der Waals surface area contributed by atoms with Crippen LogP contribution in [0.2, 0.25) is 0 Å². The number of anilines is 2. The van der Waals surface area contributed by atoms with Crippen molar-refractivity contribution in [3.05, 3.63) is 54.1 Å². The number of para-hydroxylation sites is 3. The van der Waals surface area contributed by atoms with Crippen LogP contribution in [0.5, 0.6) is 5.75 Å². The first-order valence-corrected chi connectivity index (χ1v) is 7.30. The van der Waals surface area contributed by atoms with E-state index in [9.17, 15) is 9.90 Å². The molecule has 1 amide bonds. The summed E-state index contributed by atoms with van der Waals surface area (Å²) in [5.74, 6) is -0.0886. The van der Waals surface area contributed by atoms with Crippen molar-refractivity contribution in [2.24, 2.45) is 5.10 Å². The largest absolute Gasteiger partial charge is 0.506 e. The maximum absolute atomic E-state index is 13.0. The first-order chi connectivity index (χ1) is 10.2. The Morgan fingerprint density at radius 2 is 1.81 bits per heavy atom. The number of hydrogen-bond donors (Lipinski definition) is 2. The normalized spacial score (nSPS) is 22.7.